The SMILES string of the molecule is CCCC[C@@H](C)C[C@H](O)C=C[C@H]1CCC(OC(=O)CCC)=C1SCCCCCC(=O)O. The fraction of sp³-hybridized carbons (Fsp3) is 0.760. The van der Waals surface area contributed by atoms with E-state index < -0.39 is 12.1 Å². The van der Waals surface area contributed by atoms with Crippen LogP contribution in [0.2, 0.25) is 0 Å². The zero-order chi connectivity index (χ0) is 23.1. The predicted octanol–water partition coefficient (Wildman–Crippen LogP) is 6.46. The number of hydrogen-bond acceptors (Lipinski definition) is 5. The summed E-state index contributed by atoms with van der Waals surface area (Å²) in [4.78, 5) is 23.8. The molecule has 0 aromatic heterocycles. The van der Waals surface area contributed by atoms with E-state index in [4.69, 9.17) is 9.84 Å². The molecular formula is C25H42O5S. The van der Waals surface area contributed by atoms with Gasteiger partial charge < -0.3 is 14.9 Å². The summed E-state index contributed by atoms with van der Waals surface area (Å²) >= 11 is 1.72. The van der Waals surface area contributed by atoms with Gasteiger partial charge in [0.25, 0.3) is 0 Å². The van der Waals surface area contributed by atoms with Gasteiger partial charge in [0.05, 0.1) is 6.10 Å². The Kier molecular flexibility index (Phi) is 14.7. The maximum Gasteiger partial charge on any atom is 0.310 e. The van der Waals surface area contributed by atoms with Gasteiger partial charge in [0, 0.05) is 30.1 Å². The third-order valence-corrected chi connectivity index (χ3v) is 6.87. The first-order valence-corrected chi connectivity index (χ1v) is 13.0. The molecule has 2 N–H and O–H groups in total. The van der Waals surface area contributed by atoms with Crippen molar-refractivity contribution in [2.75, 3.05) is 5.75 Å². The molecule has 0 saturated carbocycles. The highest BCUT2D eigenvalue weighted by atomic mass is 32.2. The van der Waals surface area contributed by atoms with Crippen LogP contribution in [0.15, 0.2) is 22.8 Å². The zero-order valence-corrected chi connectivity index (χ0v) is 20.4. The van der Waals surface area contributed by atoms with Crippen molar-refractivity contribution < 1.29 is 24.5 Å². The minimum atomic E-state index is -0.746. The van der Waals surface area contributed by atoms with Gasteiger partial charge in [-0.2, -0.15) is 0 Å². The van der Waals surface area contributed by atoms with Crippen LogP contribution in [0.4, 0.5) is 0 Å². The fourth-order valence-corrected chi connectivity index (χ4v) is 5.06. The minimum absolute atomic E-state index is 0.175. The van der Waals surface area contributed by atoms with Crippen molar-refractivity contribution in [2.24, 2.45) is 11.8 Å². The van der Waals surface area contributed by atoms with Crippen molar-refractivity contribution in [1.82, 2.24) is 0 Å². The molecule has 0 aromatic rings. The van der Waals surface area contributed by atoms with Crippen LogP contribution < -0.4 is 0 Å². The number of carboxylic acid groups (broad SMARTS) is 1. The molecule has 5 nitrogen and oxygen atoms in total. The van der Waals surface area contributed by atoms with Gasteiger partial charge in [-0.1, -0.05) is 58.6 Å². The lowest BCUT2D eigenvalue weighted by Gasteiger charge is -2.15. The second-order valence-electron chi connectivity index (χ2n) is 8.64. The molecule has 0 radical (unpaired) electrons. The highest BCUT2D eigenvalue weighted by molar-refractivity contribution is 8.03. The first-order valence-electron chi connectivity index (χ1n) is 12.0. The van der Waals surface area contributed by atoms with Crippen LogP contribution in [-0.4, -0.2) is 34.0 Å². The van der Waals surface area contributed by atoms with E-state index in [-0.39, 0.29) is 18.3 Å². The van der Waals surface area contributed by atoms with Crippen molar-refractivity contribution >= 4 is 23.7 Å². The molecule has 0 aromatic carbocycles. The Morgan fingerprint density at radius 2 is 1.94 bits per heavy atom. The number of allylic oxidation sites excluding steroid dienone is 3. The number of carbonyl (C=O) groups is 2. The van der Waals surface area contributed by atoms with Crippen LogP contribution in [-0.2, 0) is 14.3 Å². The number of aliphatic hydroxyl groups excluding tert-OH is 1. The van der Waals surface area contributed by atoms with Crippen molar-refractivity contribution in [3.8, 4) is 0 Å². The van der Waals surface area contributed by atoms with E-state index in [1.54, 1.807) is 11.8 Å². The first-order chi connectivity index (χ1) is 14.9. The van der Waals surface area contributed by atoms with Crippen molar-refractivity contribution in [3.63, 3.8) is 0 Å². The van der Waals surface area contributed by atoms with Gasteiger partial charge in [0.15, 0.2) is 0 Å². The predicted molar refractivity (Wildman–Crippen MR) is 128 cm³/mol. The van der Waals surface area contributed by atoms with E-state index in [1.165, 1.54) is 12.8 Å². The summed E-state index contributed by atoms with van der Waals surface area (Å²) < 4.78 is 5.67. The number of unbranched alkanes of at least 4 members (excludes halogenated alkanes) is 3. The molecule has 0 aliphatic heterocycles. The molecule has 1 rings (SSSR count). The second kappa shape index (κ2) is 16.4. The molecule has 0 spiro atoms. The molecule has 1 aliphatic carbocycles. The van der Waals surface area contributed by atoms with Crippen molar-refractivity contribution in [1.29, 1.82) is 0 Å². The summed E-state index contributed by atoms with van der Waals surface area (Å²) in [6.07, 6.45) is 13.4. The lowest BCUT2D eigenvalue weighted by atomic mass is 9.96. The Morgan fingerprint density at radius 3 is 2.61 bits per heavy atom. The number of esters is 1. The average molecular weight is 455 g/mol. The summed E-state index contributed by atoms with van der Waals surface area (Å²) in [6, 6.07) is 0. The number of aliphatic hydroxyl groups is 1. The Labute approximate surface area is 192 Å². The summed E-state index contributed by atoms with van der Waals surface area (Å²) in [6.45, 7) is 6.34. The van der Waals surface area contributed by atoms with E-state index in [0.29, 0.717) is 18.8 Å². The van der Waals surface area contributed by atoms with E-state index in [2.05, 4.69) is 19.9 Å². The fourth-order valence-electron chi connectivity index (χ4n) is 3.77. The third-order valence-electron chi connectivity index (χ3n) is 5.54. The number of ether oxygens (including phenoxy) is 1. The van der Waals surface area contributed by atoms with Gasteiger partial charge in [-0.25, -0.2) is 0 Å². The van der Waals surface area contributed by atoms with Gasteiger partial charge in [-0.15, -0.1) is 11.8 Å². The van der Waals surface area contributed by atoms with E-state index in [0.717, 1.165) is 61.4 Å². The van der Waals surface area contributed by atoms with Crippen molar-refractivity contribution in [3.05, 3.63) is 22.8 Å². The molecule has 0 amide bonds. The molecule has 0 saturated heterocycles. The minimum Gasteiger partial charge on any atom is -0.481 e. The van der Waals surface area contributed by atoms with Crippen LogP contribution in [0.1, 0.15) is 97.8 Å². The molecule has 1 aliphatic rings. The van der Waals surface area contributed by atoms with Crippen LogP contribution in [0.3, 0.4) is 0 Å². The number of carboxylic acids is 1. The van der Waals surface area contributed by atoms with Crippen LogP contribution >= 0.6 is 11.8 Å². The average Bonchev–Trinajstić information content (AvgIpc) is 3.08. The normalized spacial score (nSPS) is 18.5. The number of carbonyl (C=O) groups excluding carboxylic acids is 1. The van der Waals surface area contributed by atoms with Crippen LogP contribution in [0, 0.1) is 11.8 Å². The summed E-state index contributed by atoms with van der Waals surface area (Å²) in [5, 5.41) is 19.2. The first kappa shape index (κ1) is 27.8. The molecule has 6 heteroatoms. The quantitative estimate of drug-likeness (QED) is 0.149. The highest BCUT2D eigenvalue weighted by Crippen LogP contribution is 2.41. The molecule has 31 heavy (non-hydrogen) atoms. The monoisotopic (exact) mass is 454 g/mol. The van der Waals surface area contributed by atoms with Gasteiger partial charge in [0.1, 0.15) is 5.76 Å². The molecule has 0 bridgehead atoms. The Bertz CT molecular complexity index is 599. The van der Waals surface area contributed by atoms with Crippen LogP contribution in [0.5, 0.6) is 0 Å². The van der Waals surface area contributed by atoms with E-state index in [9.17, 15) is 14.7 Å². The highest BCUT2D eigenvalue weighted by Gasteiger charge is 2.27. The van der Waals surface area contributed by atoms with Crippen molar-refractivity contribution in [2.45, 2.75) is 104 Å². The molecule has 0 fully saturated rings. The Morgan fingerprint density at radius 1 is 1.16 bits per heavy atom. The smallest absolute Gasteiger partial charge is 0.310 e. The lowest BCUT2D eigenvalue weighted by molar-refractivity contribution is -0.140. The molecule has 0 unspecified atom stereocenters. The van der Waals surface area contributed by atoms with Gasteiger partial charge in [-0.3, -0.25) is 9.59 Å². The van der Waals surface area contributed by atoms with Crippen LogP contribution in [0.25, 0.3) is 0 Å². The maximum atomic E-state index is 12.0. The summed E-state index contributed by atoms with van der Waals surface area (Å²) in [5.74, 6) is 1.42. The second-order valence-corrected chi connectivity index (χ2v) is 9.78. The zero-order valence-electron chi connectivity index (χ0n) is 19.6. The number of thioether (sulfide) groups is 1. The van der Waals surface area contributed by atoms with Gasteiger partial charge in [0.2, 0.25) is 0 Å². The summed E-state index contributed by atoms with van der Waals surface area (Å²) in [5.41, 5.74) is 0. The molecule has 178 valence electrons. The Balaban J connectivity index is 2.66. The topological polar surface area (TPSA) is 83.8 Å². The molecule has 0 heterocycles. The summed E-state index contributed by atoms with van der Waals surface area (Å²) in [7, 11) is 0. The third kappa shape index (κ3) is 12.4. The van der Waals surface area contributed by atoms with E-state index >= 15 is 0 Å². The van der Waals surface area contributed by atoms with Gasteiger partial charge >= 0.3 is 11.9 Å². The molecule has 3 atom stereocenters. The maximum absolute atomic E-state index is 12.0. The lowest BCUT2D eigenvalue weighted by Crippen LogP contribution is -2.09. The number of rotatable bonds is 17. The number of hydrogen-bond donors (Lipinski definition) is 2. The van der Waals surface area contributed by atoms with Gasteiger partial charge in [-0.05, 0) is 43.8 Å². The standard InChI is InChI=1S/C25H42O5S/c1-4-6-11-19(3)18-21(26)15-13-20-14-16-22(30-24(29)10-5-2)25(20)31-17-9-7-8-12-23(27)28/h13,15,19-21,26H,4-12,14,16-18H2,1-3H3,(H,27,28)/t19-,20+,21-/m1/s1. The number of aliphatic carboxylic acids is 1. The largest absolute Gasteiger partial charge is 0.481 e. The Hall–Kier alpha value is -1.27. The van der Waals surface area contributed by atoms with E-state index in [1.807, 2.05) is 13.0 Å². The molecular weight excluding hydrogens is 412 g/mol.